The first-order chi connectivity index (χ1) is 9.99. The van der Waals surface area contributed by atoms with Gasteiger partial charge in [0.2, 0.25) is 0 Å². The first-order valence-electron chi connectivity index (χ1n) is 6.92. The summed E-state index contributed by atoms with van der Waals surface area (Å²) in [4.78, 5) is 25.0. The molecule has 2 N–H and O–H groups in total. The maximum absolute atomic E-state index is 12.4. The molecule has 1 saturated heterocycles. The van der Waals surface area contributed by atoms with E-state index in [9.17, 15) is 9.59 Å². The van der Waals surface area contributed by atoms with Crippen molar-refractivity contribution < 1.29 is 14.7 Å². The van der Waals surface area contributed by atoms with E-state index in [1.54, 1.807) is 16.7 Å². The second-order valence-electron chi connectivity index (χ2n) is 5.20. The van der Waals surface area contributed by atoms with Crippen LogP contribution in [0.2, 0.25) is 0 Å². The molecule has 5 nitrogen and oxygen atoms in total. The van der Waals surface area contributed by atoms with Gasteiger partial charge in [0.15, 0.2) is 0 Å². The van der Waals surface area contributed by atoms with Crippen LogP contribution in [0, 0.1) is 13.8 Å². The minimum atomic E-state index is -0.868. The highest BCUT2D eigenvalue weighted by Crippen LogP contribution is 2.22. The zero-order valence-electron chi connectivity index (χ0n) is 12.3. The van der Waals surface area contributed by atoms with Crippen LogP contribution in [0.15, 0.2) is 18.2 Å². The number of hydrogen-bond donors (Lipinski definition) is 2. The van der Waals surface area contributed by atoms with Crippen molar-refractivity contribution in [1.29, 1.82) is 0 Å². The molecule has 0 spiro atoms. The fourth-order valence-corrected chi connectivity index (χ4v) is 3.43. The first-order valence-corrected chi connectivity index (χ1v) is 8.08. The third kappa shape index (κ3) is 3.91. The van der Waals surface area contributed by atoms with E-state index in [2.05, 4.69) is 5.32 Å². The van der Waals surface area contributed by atoms with Crippen molar-refractivity contribution in [2.24, 2.45) is 0 Å². The number of aryl methyl sites for hydroxylation is 1. The molecule has 114 valence electrons. The first kappa shape index (κ1) is 15.7. The maximum Gasteiger partial charge on any atom is 0.322 e. The molecular weight excluding hydrogens is 288 g/mol. The minimum absolute atomic E-state index is 0.00673. The molecule has 2 rings (SSSR count). The number of carbonyl (C=O) groups is 2. The zero-order chi connectivity index (χ0) is 15.4. The van der Waals surface area contributed by atoms with Crippen LogP contribution >= 0.6 is 11.8 Å². The fourth-order valence-electron chi connectivity index (χ4n) is 2.37. The van der Waals surface area contributed by atoms with Gasteiger partial charge in [-0.3, -0.25) is 4.79 Å². The Balaban J connectivity index is 2.10. The van der Waals surface area contributed by atoms with Crippen molar-refractivity contribution in [3.63, 3.8) is 0 Å². The lowest BCUT2D eigenvalue weighted by Crippen LogP contribution is -2.49. The molecule has 1 atom stereocenters. The van der Waals surface area contributed by atoms with E-state index in [1.165, 1.54) is 0 Å². The molecule has 1 heterocycles. The Labute approximate surface area is 128 Å². The second-order valence-corrected chi connectivity index (χ2v) is 6.35. The highest BCUT2D eigenvalue weighted by molar-refractivity contribution is 7.99. The van der Waals surface area contributed by atoms with Crippen molar-refractivity contribution in [2.75, 3.05) is 23.4 Å². The molecule has 1 aromatic rings. The lowest BCUT2D eigenvalue weighted by molar-refractivity contribution is -0.137. The van der Waals surface area contributed by atoms with Crippen molar-refractivity contribution in [3.8, 4) is 0 Å². The number of urea groups is 1. The Kier molecular flexibility index (Phi) is 5.12. The van der Waals surface area contributed by atoms with Crippen LogP contribution in [-0.4, -0.2) is 46.1 Å². The van der Waals surface area contributed by atoms with Crippen LogP contribution in [0.5, 0.6) is 0 Å². The number of thioether (sulfide) groups is 1. The number of benzene rings is 1. The quantitative estimate of drug-likeness (QED) is 0.901. The van der Waals surface area contributed by atoms with Gasteiger partial charge in [-0.25, -0.2) is 4.79 Å². The second kappa shape index (κ2) is 6.85. The zero-order valence-corrected chi connectivity index (χ0v) is 13.1. The molecule has 1 fully saturated rings. The number of nitrogens with zero attached hydrogens (tertiary/aromatic N) is 1. The number of amides is 2. The predicted octanol–water partition coefficient (Wildman–Crippen LogP) is 2.73. The van der Waals surface area contributed by atoms with E-state index in [0.717, 1.165) is 22.6 Å². The van der Waals surface area contributed by atoms with Gasteiger partial charge in [0.25, 0.3) is 0 Å². The summed E-state index contributed by atoms with van der Waals surface area (Å²) in [5, 5.41) is 11.9. The number of rotatable bonds is 3. The van der Waals surface area contributed by atoms with Crippen LogP contribution in [0.3, 0.4) is 0 Å². The van der Waals surface area contributed by atoms with Gasteiger partial charge in [-0.05, 0) is 31.0 Å². The topological polar surface area (TPSA) is 69.6 Å². The van der Waals surface area contributed by atoms with E-state index in [-0.39, 0.29) is 18.5 Å². The minimum Gasteiger partial charge on any atom is -0.481 e. The van der Waals surface area contributed by atoms with E-state index < -0.39 is 5.97 Å². The molecular formula is C15H20N2O3S. The van der Waals surface area contributed by atoms with E-state index in [4.69, 9.17) is 5.11 Å². The van der Waals surface area contributed by atoms with Crippen LogP contribution in [0.4, 0.5) is 10.5 Å². The summed E-state index contributed by atoms with van der Waals surface area (Å²) >= 11 is 1.69. The summed E-state index contributed by atoms with van der Waals surface area (Å²) in [6.07, 6.45) is -0.00673. The monoisotopic (exact) mass is 308 g/mol. The molecule has 1 aliphatic heterocycles. The van der Waals surface area contributed by atoms with Crippen molar-refractivity contribution >= 4 is 29.4 Å². The van der Waals surface area contributed by atoms with Gasteiger partial charge in [-0.1, -0.05) is 12.1 Å². The average Bonchev–Trinajstić information content (AvgIpc) is 2.44. The van der Waals surface area contributed by atoms with Crippen molar-refractivity contribution in [1.82, 2.24) is 4.90 Å². The summed E-state index contributed by atoms with van der Waals surface area (Å²) in [5.41, 5.74) is 2.93. The Morgan fingerprint density at radius 2 is 2.19 bits per heavy atom. The summed E-state index contributed by atoms with van der Waals surface area (Å²) in [6, 6.07) is 5.31. The van der Waals surface area contributed by atoms with Crippen LogP contribution in [-0.2, 0) is 4.79 Å². The number of carboxylic acid groups (broad SMARTS) is 1. The van der Waals surface area contributed by atoms with Gasteiger partial charge >= 0.3 is 12.0 Å². The Hall–Kier alpha value is -1.69. The average molecular weight is 308 g/mol. The maximum atomic E-state index is 12.4. The third-order valence-corrected chi connectivity index (χ3v) is 4.84. The van der Waals surface area contributed by atoms with Gasteiger partial charge in [0, 0.05) is 23.7 Å². The number of carboxylic acids is 1. The Bertz CT molecular complexity index is 548. The molecule has 1 aliphatic rings. The van der Waals surface area contributed by atoms with Crippen molar-refractivity contribution in [2.45, 2.75) is 26.3 Å². The molecule has 2 amide bonds. The van der Waals surface area contributed by atoms with E-state index in [0.29, 0.717) is 12.3 Å². The largest absolute Gasteiger partial charge is 0.481 e. The summed E-state index contributed by atoms with van der Waals surface area (Å²) in [5.74, 6) is 0.648. The third-order valence-electron chi connectivity index (χ3n) is 3.74. The molecule has 0 aliphatic carbocycles. The number of nitrogens with one attached hydrogen (secondary N) is 1. The summed E-state index contributed by atoms with van der Waals surface area (Å²) in [6.45, 7) is 4.54. The van der Waals surface area contributed by atoms with E-state index in [1.807, 2.05) is 32.0 Å². The highest BCUT2D eigenvalue weighted by Gasteiger charge is 2.29. The normalized spacial score (nSPS) is 18.4. The van der Waals surface area contributed by atoms with Gasteiger partial charge in [0.1, 0.15) is 0 Å². The lowest BCUT2D eigenvalue weighted by Gasteiger charge is -2.34. The van der Waals surface area contributed by atoms with E-state index >= 15 is 0 Å². The molecule has 0 radical (unpaired) electrons. The van der Waals surface area contributed by atoms with Gasteiger partial charge in [-0.15, -0.1) is 0 Å². The Morgan fingerprint density at radius 3 is 2.90 bits per heavy atom. The molecule has 0 aromatic heterocycles. The molecule has 1 unspecified atom stereocenters. The molecule has 6 heteroatoms. The Morgan fingerprint density at radius 1 is 1.43 bits per heavy atom. The van der Waals surface area contributed by atoms with Gasteiger partial charge < -0.3 is 15.3 Å². The smallest absolute Gasteiger partial charge is 0.322 e. The fraction of sp³-hybridized carbons (Fsp3) is 0.467. The number of aliphatic carboxylic acids is 1. The molecule has 1 aromatic carbocycles. The summed E-state index contributed by atoms with van der Waals surface area (Å²) in [7, 11) is 0. The van der Waals surface area contributed by atoms with Gasteiger partial charge in [0.05, 0.1) is 12.5 Å². The SMILES string of the molecule is Cc1cccc(NC(=O)N2CCSCC2CC(=O)O)c1C. The predicted molar refractivity (Wildman–Crippen MR) is 85.0 cm³/mol. The van der Waals surface area contributed by atoms with Gasteiger partial charge in [-0.2, -0.15) is 11.8 Å². The van der Waals surface area contributed by atoms with Crippen LogP contribution < -0.4 is 5.32 Å². The number of carbonyl (C=O) groups excluding carboxylic acids is 1. The van der Waals surface area contributed by atoms with Crippen LogP contribution in [0.1, 0.15) is 17.5 Å². The molecule has 0 saturated carbocycles. The van der Waals surface area contributed by atoms with Crippen molar-refractivity contribution in [3.05, 3.63) is 29.3 Å². The standard InChI is InChI=1S/C15H20N2O3S/c1-10-4-3-5-13(11(10)2)16-15(20)17-6-7-21-9-12(17)8-14(18)19/h3-5,12H,6-9H2,1-2H3,(H,16,20)(H,18,19). The number of hydrogen-bond acceptors (Lipinski definition) is 3. The molecule has 0 bridgehead atoms. The lowest BCUT2D eigenvalue weighted by atomic mass is 10.1. The highest BCUT2D eigenvalue weighted by atomic mass is 32.2. The summed E-state index contributed by atoms with van der Waals surface area (Å²) < 4.78 is 0. The molecule has 21 heavy (non-hydrogen) atoms. The number of anilines is 1. The van der Waals surface area contributed by atoms with Crippen LogP contribution in [0.25, 0.3) is 0 Å².